The van der Waals surface area contributed by atoms with Crippen LogP contribution in [-0.4, -0.2) is 25.1 Å². The molecule has 1 aliphatic carbocycles. The Labute approximate surface area is 106 Å². The van der Waals surface area contributed by atoms with E-state index in [9.17, 15) is 5.11 Å². The van der Waals surface area contributed by atoms with Crippen LogP contribution >= 0.6 is 0 Å². The van der Waals surface area contributed by atoms with Crippen LogP contribution in [-0.2, 0) is 0 Å². The highest BCUT2D eigenvalue weighted by Gasteiger charge is 2.43. The molecular formula is C14H18O4. The highest BCUT2D eigenvalue weighted by atomic mass is 16.6. The van der Waals surface area contributed by atoms with E-state index in [-0.39, 0.29) is 0 Å². The molecule has 1 aromatic rings. The lowest BCUT2D eigenvalue weighted by Crippen LogP contribution is -2.43. The second-order valence-electron chi connectivity index (χ2n) is 5.08. The van der Waals surface area contributed by atoms with Crippen molar-refractivity contribution in [3.63, 3.8) is 0 Å². The molecule has 2 bridgehead atoms. The van der Waals surface area contributed by atoms with Gasteiger partial charge >= 0.3 is 0 Å². The van der Waals surface area contributed by atoms with Crippen LogP contribution in [0, 0.1) is 0 Å². The van der Waals surface area contributed by atoms with E-state index in [4.69, 9.17) is 14.2 Å². The molecule has 0 amide bonds. The molecule has 4 nitrogen and oxygen atoms in total. The number of rotatable bonds is 2. The smallest absolute Gasteiger partial charge is 0.208 e. The molecule has 0 unspecified atom stereocenters. The van der Waals surface area contributed by atoms with Crippen molar-refractivity contribution < 1.29 is 19.3 Å². The summed E-state index contributed by atoms with van der Waals surface area (Å²) in [6, 6.07) is 3.71. The topological polar surface area (TPSA) is 47.9 Å². The van der Waals surface area contributed by atoms with Gasteiger partial charge in [-0.3, -0.25) is 0 Å². The quantitative estimate of drug-likeness (QED) is 0.875. The fraction of sp³-hybridized carbons (Fsp3) is 0.571. The van der Waals surface area contributed by atoms with E-state index in [0.29, 0.717) is 30.3 Å². The third kappa shape index (κ3) is 1.72. The van der Waals surface area contributed by atoms with E-state index in [2.05, 4.69) is 0 Å². The first-order chi connectivity index (χ1) is 8.65. The predicted octanol–water partition coefficient (Wildman–Crippen LogP) is 2.44. The molecule has 2 atom stereocenters. The summed E-state index contributed by atoms with van der Waals surface area (Å²) in [6.07, 6.45) is 3.41. The zero-order valence-corrected chi connectivity index (χ0v) is 10.7. The maximum Gasteiger partial charge on any atom is 0.208 e. The van der Waals surface area contributed by atoms with Gasteiger partial charge in [-0.1, -0.05) is 0 Å². The first kappa shape index (κ1) is 11.7. The molecule has 0 spiro atoms. The van der Waals surface area contributed by atoms with Crippen molar-refractivity contribution in [2.75, 3.05) is 14.2 Å². The minimum absolute atomic E-state index is 0.313. The Kier molecular flexibility index (Phi) is 2.63. The van der Waals surface area contributed by atoms with Crippen LogP contribution in [0.3, 0.4) is 0 Å². The minimum Gasteiger partial charge on any atom is -0.496 e. The Morgan fingerprint density at radius 2 is 2.17 bits per heavy atom. The van der Waals surface area contributed by atoms with Gasteiger partial charge in [0.05, 0.1) is 14.2 Å². The molecule has 1 aromatic carbocycles. The largest absolute Gasteiger partial charge is 0.496 e. The second kappa shape index (κ2) is 4.05. The van der Waals surface area contributed by atoms with E-state index in [1.807, 2.05) is 12.1 Å². The van der Waals surface area contributed by atoms with Gasteiger partial charge in [0.15, 0.2) is 0 Å². The molecule has 98 valence electrons. The van der Waals surface area contributed by atoms with Crippen LogP contribution in [0.15, 0.2) is 12.1 Å². The number of hydrogen-bond donors (Lipinski definition) is 1. The zero-order valence-electron chi connectivity index (χ0n) is 10.7. The molecule has 0 radical (unpaired) electrons. The second-order valence-corrected chi connectivity index (χ2v) is 5.08. The first-order valence-electron chi connectivity index (χ1n) is 6.32. The zero-order chi connectivity index (χ0) is 12.8. The van der Waals surface area contributed by atoms with Crippen molar-refractivity contribution in [2.45, 2.75) is 37.4 Å². The van der Waals surface area contributed by atoms with Crippen LogP contribution in [0.2, 0.25) is 0 Å². The molecule has 4 heteroatoms. The third-order valence-electron chi connectivity index (χ3n) is 3.93. The molecule has 18 heavy (non-hydrogen) atoms. The Balaban J connectivity index is 2.12. The van der Waals surface area contributed by atoms with Crippen LogP contribution in [0.4, 0.5) is 0 Å². The van der Waals surface area contributed by atoms with Crippen LogP contribution in [0.1, 0.15) is 37.2 Å². The Hall–Kier alpha value is -1.42. The van der Waals surface area contributed by atoms with Crippen molar-refractivity contribution in [3.05, 3.63) is 17.7 Å². The standard InChI is InChI=1S/C14H18O4/c1-16-10-6-11(17-2)13-9-4-3-5-14(15,8-9)18-12(13)7-10/h6-7,9,15H,3-5,8H2,1-2H3/t9-,14+/m0/s1. The maximum atomic E-state index is 10.4. The van der Waals surface area contributed by atoms with Crippen LogP contribution in [0.5, 0.6) is 17.2 Å². The fourth-order valence-electron chi connectivity index (χ4n) is 3.11. The fourth-order valence-corrected chi connectivity index (χ4v) is 3.11. The van der Waals surface area contributed by atoms with Gasteiger partial charge in [-0.25, -0.2) is 0 Å². The summed E-state index contributed by atoms with van der Waals surface area (Å²) in [5.41, 5.74) is 1.07. The van der Waals surface area contributed by atoms with Crippen LogP contribution < -0.4 is 14.2 Å². The van der Waals surface area contributed by atoms with E-state index in [0.717, 1.165) is 24.2 Å². The van der Waals surface area contributed by atoms with Crippen molar-refractivity contribution in [1.82, 2.24) is 0 Å². The third-order valence-corrected chi connectivity index (χ3v) is 3.93. The summed E-state index contributed by atoms with van der Waals surface area (Å²) in [5, 5.41) is 10.4. The lowest BCUT2D eigenvalue weighted by Gasteiger charge is -2.42. The van der Waals surface area contributed by atoms with Crippen molar-refractivity contribution in [2.24, 2.45) is 0 Å². The van der Waals surface area contributed by atoms with Crippen LogP contribution in [0.25, 0.3) is 0 Å². The number of fused-ring (bicyclic) bond motifs is 4. The minimum atomic E-state index is -1.01. The number of aliphatic hydroxyl groups is 1. The molecule has 3 rings (SSSR count). The molecule has 1 heterocycles. The van der Waals surface area contributed by atoms with Gasteiger partial charge in [0.2, 0.25) is 5.79 Å². The molecule has 1 fully saturated rings. The highest BCUT2D eigenvalue weighted by molar-refractivity contribution is 5.54. The normalized spacial score (nSPS) is 29.2. The van der Waals surface area contributed by atoms with Gasteiger partial charge in [0.25, 0.3) is 0 Å². The number of ether oxygens (including phenoxy) is 3. The van der Waals surface area contributed by atoms with E-state index >= 15 is 0 Å². The lowest BCUT2D eigenvalue weighted by molar-refractivity contribution is -0.172. The summed E-state index contributed by atoms with van der Waals surface area (Å²) >= 11 is 0. The number of benzene rings is 1. The maximum absolute atomic E-state index is 10.4. The summed E-state index contributed by atoms with van der Waals surface area (Å²) in [4.78, 5) is 0. The van der Waals surface area contributed by atoms with Crippen molar-refractivity contribution in [3.8, 4) is 17.2 Å². The van der Waals surface area contributed by atoms with Gasteiger partial charge in [0, 0.05) is 30.5 Å². The highest BCUT2D eigenvalue weighted by Crippen LogP contribution is 2.52. The average Bonchev–Trinajstić information content (AvgIpc) is 2.36. The van der Waals surface area contributed by atoms with E-state index in [1.54, 1.807) is 14.2 Å². The van der Waals surface area contributed by atoms with Crippen molar-refractivity contribution in [1.29, 1.82) is 0 Å². The van der Waals surface area contributed by atoms with E-state index < -0.39 is 5.79 Å². The van der Waals surface area contributed by atoms with Gasteiger partial charge in [0.1, 0.15) is 17.2 Å². The van der Waals surface area contributed by atoms with Gasteiger partial charge in [-0.2, -0.15) is 0 Å². The molecule has 0 aromatic heterocycles. The molecule has 1 saturated carbocycles. The number of methoxy groups -OCH3 is 2. The molecule has 1 aliphatic heterocycles. The SMILES string of the molecule is COc1cc(OC)c2c(c1)O[C@]1(O)CCC[C@H]2C1. The first-order valence-corrected chi connectivity index (χ1v) is 6.32. The van der Waals surface area contributed by atoms with Gasteiger partial charge < -0.3 is 19.3 Å². The molecule has 0 saturated heterocycles. The Bertz CT molecular complexity index is 471. The number of hydrogen-bond acceptors (Lipinski definition) is 4. The average molecular weight is 250 g/mol. The van der Waals surface area contributed by atoms with Gasteiger partial charge in [-0.15, -0.1) is 0 Å². The summed E-state index contributed by atoms with van der Waals surface area (Å²) in [5.74, 6) is 1.48. The molecule has 2 aliphatic rings. The lowest BCUT2D eigenvalue weighted by atomic mass is 9.77. The monoisotopic (exact) mass is 250 g/mol. The Morgan fingerprint density at radius 1 is 1.33 bits per heavy atom. The summed E-state index contributed by atoms with van der Waals surface area (Å²) < 4.78 is 16.4. The molecule has 1 N–H and O–H groups in total. The predicted molar refractivity (Wildman–Crippen MR) is 66.3 cm³/mol. The Morgan fingerprint density at radius 3 is 2.89 bits per heavy atom. The summed E-state index contributed by atoms with van der Waals surface area (Å²) in [7, 11) is 3.26. The van der Waals surface area contributed by atoms with Gasteiger partial charge in [-0.05, 0) is 18.8 Å². The summed E-state index contributed by atoms with van der Waals surface area (Å²) in [6.45, 7) is 0. The molecular weight excluding hydrogens is 232 g/mol. The van der Waals surface area contributed by atoms with E-state index in [1.165, 1.54) is 0 Å². The van der Waals surface area contributed by atoms with Crippen molar-refractivity contribution >= 4 is 0 Å².